The summed E-state index contributed by atoms with van der Waals surface area (Å²) in [6.45, 7) is 3.61. The Labute approximate surface area is 114 Å². The molecule has 1 aromatic heterocycles. The molecule has 0 aliphatic carbocycles. The van der Waals surface area contributed by atoms with Gasteiger partial charge in [0.15, 0.2) is 0 Å². The third-order valence-electron chi connectivity index (χ3n) is 2.34. The average Bonchev–Trinajstić information content (AvgIpc) is 2.26. The molecule has 0 unspecified atom stereocenters. The van der Waals surface area contributed by atoms with Crippen molar-refractivity contribution in [3.8, 4) is 11.8 Å². The lowest BCUT2D eigenvalue weighted by Crippen LogP contribution is -2.02. The number of ether oxygens (including phenoxy) is 1. The Kier molecular flexibility index (Phi) is 3.66. The largest absolute Gasteiger partial charge is 0.478 e. The lowest BCUT2D eigenvalue weighted by atomic mass is 10.2. The fourth-order valence-electron chi connectivity index (χ4n) is 1.59. The van der Waals surface area contributed by atoms with Gasteiger partial charge in [0.25, 0.3) is 0 Å². The Morgan fingerprint density at radius 1 is 1.21 bits per heavy atom. The highest BCUT2D eigenvalue weighted by Gasteiger charge is 2.14. The number of nitrogens with zero attached hydrogens (tertiary/aromatic N) is 2. The summed E-state index contributed by atoms with van der Waals surface area (Å²) in [5.41, 5.74) is 1.48. The minimum absolute atomic E-state index is 0.00663. The summed E-state index contributed by atoms with van der Waals surface area (Å²) in [4.78, 5) is 19.3. The number of aromatic carboxylic acids is 1. The number of benzene rings is 1. The summed E-state index contributed by atoms with van der Waals surface area (Å²) in [6, 6.07) is 6.18. The molecule has 5 nitrogen and oxygen atoms in total. The first-order valence-electron chi connectivity index (χ1n) is 5.48. The number of halogens is 1. The number of carboxylic acids is 1. The van der Waals surface area contributed by atoms with Crippen LogP contribution in [0.3, 0.4) is 0 Å². The van der Waals surface area contributed by atoms with Gasteiger partial charge in [0.05, 0.1) is 0 Å². The zero-order valence-corrected chi connectivity index (χ0v) is 11.1. The normalized spacial score (nSPS) is 10.3. The van der Waals surface area contributed by atoms with Crippen LogP contribution in [0, 0.1) is 13.8 Å². The molecule has 0 amide bonds. The number of rotatable bonds is 3. The Hall–Kier alpha value is -2.14. The van der Waals surface area contributed by atoms with Crippen LogP contribution in [-0.2, 0) is 0 Å². The number of carbonyl (C=O) groups is 1. The van der Waals surface area contributed by atoms with E-state index in [0.29, 0.717) is 5.02 Å². The van der Waals surface area contributed by atoms with Gasteiger partial charge in [0.1, 0.15) is 11.3 Å². The lowest BCUT2D eigenvalue weighted by molar-refractivity contribution is 0.0694. The number of carboxylic acid groups (broad SMARTS) is 1. The van der Waals surface area contributed by atoms with Crippen LogP contribution in [0.4, 0.5) is 0 Å². The van der Waals surface area contributed by atoms with Crippen LogP contribution < -0.4 is 4.74 Å². The Morgan fingerprint density at radius 3 is 2.42 bits per heavy atom. The third kappa shape index (κ3) is 3.20. The van der Waals surface area contributed by atoms with Gasteiger partial charge >= 0.3 is 12.0 Å². The molecule has 0 saturated carbocycles. The quantitative estimate of drug-likeness (QED) is 0.933. The monoisotopic (exact) mass is 278 g/mol. The molecule has 98 valence electrons. The molecule has 1 N–H and O–H groups in total. The van der Waals surface area contributed by atoms with E-state index >= 15 is 0 Å². The molecule has 0 radical (unpaired) electrons. The summed E-state index contributed by atoms with van der Waals surface area (Å²) in [5.74, 6) is -0.985. The number of hydrogen-bond donors (Lipinski definition) is 1. The van der Waals surface area contributed by atoms with E-state index in [9.17, 15) is 4.79 Å². The van der Waals surface area contributed by atoms with Crippen LogP contribution in [0.5, 0.6) is 11.8 Å². The van der Waals surface area contributed by atoms with Crippen LogP contribution in [0.2, 0.25) is 5.02 Å². The second kappa shape index (κ2) is 5.24. The van der Waals surface area contributed by atoms with Gasteiger partial charge < -0.3 is 9.84 Å². The average molecular weight is 279 g/mol. The van der Waals surface area contributed by atoms with Gasteiger partial charge in [-0.3, -0.25) is 0 Å². The van der Waals surface area contributed by atoms with Gasteiger partial charge in [0, 0.05) is 22.5 Å². The van der Waals surface area contributed by atoms with Crippen LogP contribution in [0.25, 0.3) is 0 Å². The molecule has 6 heteroatoms. The van der Waals surface area contributed by atoms with Crippen molar-refractivity contribution in [2.45, 2.75) is 13.8 Å². The Morgan fingerprint density at radius 2 is 1.84 bits per heavy atom. The molecule has 0 bridgehead atoms. The van der Waals surface area contributed by atoms with Gasteiger partial charge in [-0.2, -0.15) is 0 Å². The summed E-state index contributed by atoms with van der Waals surface area (Å²) >= 11 is 5.84. The molecule has 19 heavy (non-hydrogen) atoms. The highest BCUT2D eigenvalue weighted by atomic mass is 35.5. The molecule has 2 rings (SSSR count). The molecule has 0 aliphatic heterocycles. The third-order valence-corrected chi connectivity index (χ3v) is 2.57. The second-order valence-corrected chi connectivity index (χ2v) is 4.42. The van der Waals surface area contributed by atoms with Crippen LogP contribution in [0.1, 0.15) is 21.7 Å². The van der Waals surface area contributed by atoms with E-state index in [1.54, 1.807) is 19.9 Å². The van der Waals surface area contributed by atoms with E-state index < -0.39 is 5.97 Å². The highest BCUT2D eigenvalue weighted by Crippen LogP contribution is 2.27. The molecule has 0 atom stereocenters. The van der Waals surface area contributed by atoms with E-state index in [-0.39, 0.29) is 17.3 Å². The van der Waals surface area contributed by atoms with Crippen LogP contribution in [0.15, 0.2) is 24.3 Å². The minimum Gasteiger partial charge on any atom is -0.478 e. The molecule has 0 aliphatic rings. The molecule has 0 saturated heterocycles. The van der Waals surface area contributed by atoms with Gasteiger partial charge in [-0.25, -0.2) is 14.8 Å². The molecule has 0 fully saturated rings. The van der Waals surface area contributed by atoms with Gasteiger partial charge in [-0.1, -0.05) is 11.6 Å². The summed E-state index contributed by atoms with van der Waals surface area (Å²) < 4.78 is 5.43. The van der Waals surface area contributed by atoms with E-state index in [0.717, 1.165) is 11.4 Å². The fraction of sp³-hybridized carbons (Fsp3) is 0.154. The van der Waals surface area contributed by atoms with Crippen molar-refractivity contribution in [2.24, 2.45) is 0 Å². The first-order chi connectivity index (χ1) is 8.95. The molecule has 1 heterocycles. The van der Waals surface area contributed by atoms with E-state index in [4.69, 9.17) is 21.4 Å². The molecular weight excluding hydrogens is 268 g/mol. The maximum absolute atomic E-state index is 11.1. The van der Waals surface area contributed by atoms with E-state index in [1.165, 1.54) is 18.2 Å². The number of aryl methyl sites for hydroxylation is 2. The van der Waals surface area contributed by atoms with Crippen molar-refractivity contribution in [2.75, 3.05) is 0 Å². The maximum Gasteiger partial charge on any atom is 0.339 e. The van der Waals surface area contributed by atoms with Crippen molar-refractivity contribution < 1.29 is 14.6 Å². The highest BCUT2D eigenvalue weighted by molar-refractivity contribution is 6.30. The fourth-order valence-corrected chi connectivity index (χ4v) is 1.76. The predicted octanol–water partition coefficient (Wildman–Crippen LogP) is 3.24. The zero-order chi connectivity index (χ0) is 14.0. The standard InChI is InChI=1S/C13H11ClN2O3/c1-7-5-8(2)16-13(15-7)19-11-6-9(14)3-4-10(11)12(17)18/h3-6H,1-2H3,(H,17,18). The predicted molar refractivity (Wildman–Crippen MR) is 70.0 cm³/mol. The topological polar surface area (TPSA) is 72.3 Å². The maximum atomic E-state index is 11.1. The van der Waals surface area contributed by atoms with Gasteiger partial charge in [-0.15, -0.1) is 0 Å². The number of hydrogen-bond acceptors (Lipinski definition) is 4. The smallest absolute Gasteiger partial charge is 0.339 e. The number of aromatic nitrogens is 2. The molecule has 0 spiro atoms. The Balaban J connectivity index is 2.42. The van der Waals surface area contributed by atoms with Crippen molar-refractivity contribution in [1.29, 1.82) is 0 Å². The van der Waals surface area contributed by atoms with Crippen LogP contribution >= 0.6 is 11.6 Å². The van der Waals surface area contributed by atoms with Crippen molar-refractivity contribution in [3.05, 3.63) is 46.2 Å². The Bertz CT molecular complexity index is 624. The van der Waals surface area contributed by atoms with Crippen molar-refractivity contribution in [1.82, 2.24) is 9.97 Å². The molecule has 2 aromatic rings. The SMILES string of the molecule is Cc1cc(C)nc(Oc2cc(Cl)ccc2C(=O)O)n1. The van der Waals surface area contributed by atoms with Crippen LogP contribution in [-0.4, -0.2) is 21.0 Å². The lowest BCUT2D eigenvalue weighted by Gasteiger charge is -2.08. The van der Waals surface area contributed by atoms with Gasteiger partial charge in [0.2, 0.25) is 0 Å². The molecular formula is C13H11ClN2O3. The first-order valence-corrected chi connectivity index (χ1v) is 5.86. The van der Waals surface area contributed by atoms with Crippen molar-refractivity contribution >= 4 is 17.6 Å². The van der Waals surface area contributed by atoms with E-state index in [2.05, 4.69) is 9.97 Å². The zero-order valence-electron chi connectivity index (χ0n) is 10.3. The van der Waals surface area contributed by atoms with Crippen molar-refractivity contribution in [3.63, 3.8) is 0 Å². The van der Waals surface area contributed by atoms with E-state index in [1.807, 2.05) is 0 Å². The summed E-state index contributed by atoms with van der Waals surface area (Å²) in [7, 11) is 0. The molecule has 1 aromatic carbocycles. The summed E-state index contributed by atoms with van der Waals surface area (Å²) in [5, 5.41) is 9.46. The van der Waals surface area contributed by atoms with Gasteiger partial charge in [-0.05, 0) is 32.0 Å². The second-order valence-electron chi connectivity index (χ2n) is 3.98. The first kappa shape index (κ1) is 13.3. The summed E-state index contributed by atoms with van der Waals surface area (Å²) in [6.07, 6.45) is 0. The minimum atomic E-state index is -1.10.